The topological polar surface area (TPSA) is 82.4 Å². The Hall–Kier alpha value is -1.37. The molecule has 1 aromatic rings. The lowest BCUT2D eigenvalue weighted by Gasteiger charge is -2.26. The molecule has 1 unspecified atom stereocenters. The fourth-order valence-corrected chi connectivity index (χ4v) is 3.06. The number of carboxylic acid groups (broad SMARTS) is 1. The Labute approximate surface area is 141 Å². The molecule has 5 nitrogen and oxygen atoms in total. The summed E-state index contributed by atoms with van der Waals surface area (Å²) in [4.78, 5) is 11.4. The first-order valence-electron chi connectivity index (χ1n) is 6.80. The van der Waals surface area contributed by atoms with E-state index in [1.807, 2.05) is 0 Å². The van der Waals surface area contributed by atoms with Gasteiger partial charge in [-0.3, -0.25) is 0 Å². The van der Waals surface area contributed by atoms with Crippen LogP contribution in [0.15, 0.2) is 28.2 Å². The van der Waals surface area contributed by atoms with Crippen molar-refractivity contribution >= 4 is 45.4 Å². The largest absolute Gasteiger partial charge is 0.478 e. The molecular weight excluding hydrogens is 372 g/mol. The Morgan fingerprint density at radius 3 is 2.86 bits per heavy atom. The summed E-state index contributed by atoms with van der Waals surface area (Å²) >= 11 is 9.57. The molecule has 1 atom stereocenters. The van der Waals surface area contributed by atoms with Gasteiger partial charge in [0.15, 0.2) is 0 Å². The number of carbonyl (C=O) groups is 1. The first-order chi connectivity index (χ1) is 10.5. The van der Waals surface area contributed by atoms with E-state index in [2.05, 4.69) is 21.2 Å². The average Bonchev–Trinajstić information content (AvgIpc) is 2.48. The van der Waals surface area contributed by atoms with Crippen LogP contribution < -0.4 is 5.32 Å². The van der Waals surface area contributed by atoms with Crippen molar-refractivity contribution in [3.8, 4) is 0 Å². The highest BCUT2D eigenvalue weighted by molar-refractivity contribution is 9.10. The van der Waals surface area contributed by atoms with E-state index < -0.39 is 5.97 Å². The second-order valence-electron chi connectivity index (χ2n) is 4.92. The van der Waals surface area contributed by atoms with E-state index in [1.54, 1.807) is 18.2 Å². The smallest absolute Gasteiger partial charge is 0.339 e. The van der Waals surface area contributed by atoms with Gasteiger partial charge < -0.3 is 20.6 Å². The minimum absolute atomic E-state index is 0.00207. The van der Waals surface area contributed by atoms with Crippen molar-refractivity contribution in [3.05, 3.63) is 38.8 Å². The Morgan fingerprint density at radius 2 is 2.32 bits per heavy atom. The average molecular weight is 388 g/mol. The quantitative estimate of drug-likeness (QED) is 0.535. The molecule has 1 aromatic carbocycles. The SMILES string of the molecule is N=C/C(C(=O)O)=C(\NC1CCCOC1)c1ccc(Br)cc1Cl. The Morgan fingerprint density at radius 1 is 1.55 bits per heavy atom. The molecule has 1 saturated heterocycles. The lowest BCUT2D eigenvalue weighted by Crippen LogP contribution is -2.36. The first kappa shape index (κ1) is 17.0. The zero-order chi connectivity index (χ0) is 16.1. The molecule has 2 rings (SSSR count). The normalized spacial score (nSPS) is 19.3. The van der Waals surface area contributed by atoms with Crippen LogP contribution >= 0.6 is 27.5 Å². The van der Waals surface area contributed by atoms with Crippen molar-refractivity contribution in [1.29, 1.82) is 5.41 Å². The van der Waals surface area contributed by atoms with Crippen LogP contribution in [0.3, 0.4) is 0 Å². The molecule has 118 valence electrons. The molecule has 3 N–H and O–H groups in total. The van der Waals surface area contributed by atoms with Crippen molar-refractivity contribution < 1.29 is 14.6 Å². The number of aliphatic carboxylic acids is 1. The Bertz CT molecular complexity index is 613. The number of hydrogen-bond acceptors (Lipinski definition) is 4. The zero-order valence-electron chi connectivity index (χ0n) is 11.7. The molecule has 0 amide bonds. The molecular formula is C15H16BrClN2O3. The summed E-state index contributed by atoms with van der Waals surface area (Å²) in [5.74, 6) is -1.17. The van der Waals surface area contributed by atoms with Crippen LogP contribution in [0.5, 0.6) is 0 Å². The van der Waals surface area contributed by atoms with E-state index in [9.17, 15) is 9.90 Å². The van der Waals surface area contributed by atoms with Gasteiger partial charge in [0.2, 0.25) is 0 Å². The van der Waals surface area contributed by atoms with Crippen molar-refractivity contribution in [2.75, 3.05) is 13.2 Å². The molecule has 0 saturated carbocycles. The van der Waals surface area contributed by atoms with Crippen LogP contribution in [0.1, 0.15) is 18.4 Å². The molecule has 0 aliphatic carbocycles. The van der Waals surface area contributed by atoms with Gasteiger partial charge in [0.05, 0.1) is 17.3 Å². The van der Waals surface area contributed by atoms with E-state index in [0.29, 0.717) is 29.5 Å². The Kier molecular flexibility index (Phi) is 5.99. The third-order valence-electron chi connectivity index (χ3n) is 3.35. The van der Waals surface area contributed by atoms with Crippen LogP contribution in [0, 0.1) is 5.41 Å². The highest BCUT2D eigenvalue weighted by atomic mass is 79.9. The lowest BCUT2D eigenvalue weighted by molar-refractivity contribution is -0.131. The second kappa shape index (κ2) is 7.76. The van der Waals surface area contributed by atoms with Crippen LogP contribution in [0.2, 0.25) is 5.02 Å². The predicted octanol–water partition coefficient (Wildman–Crippen LogP) is 3.32. The molecule has 7 heteroatoms. The molecule has 1 fully saturated rings. The van der Waals surface area contributed by atoms with E-state index in [4.69, 9.17) is 21.7 Å². The Balaban J connectivity index is 2.44. The maximum absolute atomic E-state index is 11.4. The lowest BCUT2D eigenvalue weighted by atomic mass is 10.0. The van der Waals surface area contributed by atoms with Gasteiger partial charge in [-0.15, -0.1) is 0 Å². The van der Waals surface area contributed by atoms with Gasteiger partial charge in [-0.25, -0.2) is 4.79 Å². The summed E-state index contributed by atoms with van der Waals surface area (Å²) in [6.07, 6.45) is 2.61. The predicted molar refractivity (Wildman–Crippen MR) is 89.5 cm³/mol. The summed E-state index contributed by atoms with van der Waals surface area (Å²) in [5.41, 5.74) is 0.765. The van der Waals surface area contributed by atoms with Gasteiger partial charge in [-0.05, 0) is 25.0 Å². The molecule has 1 aliphatic heterocycles. The number of rotatable bonds is 5. The van der Waals surface area contributed by atoms with Gasteiger partial charge in [0.1, 0.15) is 5.57 Å². The molecule has 22 heavy (non-hydrogen) atoms. The zero-order valence-corrected chi connectivity index (χ0v) is 14.1. The van der Waals surface area contributed by atoms with Gasteiger partial charge in [-0.1, -0.05) is 33.6 Å². The number of nitrogens with one attached hydrogen (secondary N) is 2. The van der Waals surface area contributed by atoms with E-state index in [1.165, 1.54) is 0 Å². The van der Waals surface area contributed by atoms with Gasteiger partial charge in [0, 0.05) is 28.9 Å². The number of benzene rings is 1. The molecule has 0 radical (unpaired) electrons. The van der Waals surface area contributed by atoms with Crippen molar-refractivity contribution in [2.45, 2.75) is 18.9 Å². The standard InChI is InChI=1S/C15H16BrClN2O3/c16-9-3-4-11(13(17)6-9)14(12(7-18)15(20)21)19-10-2-1-5-22-8-10/h3-4,6-7,10,18-19H,1-2,5,8H2,(H,20,21)/b14-12+,18-7?. The maximum Gasteiger partial charge on any atom is 0.339 e. The molecule has 0 spiro atoms. The van der Waals surface area contributed by atoms with Crippen LogP contribution in [-0.2, 0) is 9.53 Å². The highest BCUT2D eigenvalue weighted by Crippen LogP contribution is 2.28. The molecule has 0 bridgehead atoms. The van der Waals surface area contributed by atoms with Gasteiger partial charge >= 0.3 is 5.97 Å². The van der Waals surface area contributed by atoms with E-state index in [-0.39, 0.29) is 11.6 Å². The number of hydrogen-bond donors (Lipinski definition) is 3. The summed E-state index contributed by atoms with van der Waals surface area (Å²) in [6.45, 7) is 1.22. The van der Waals surface area contributed by atoms with E-state index in [0.717, 1.165) is 23.5 Å². The van der Waals surface area contributed by atoms with Gasteiger partial charge in [0.25, 0.3) is 0 Å². The summed E-state index contributed by atoms with van der Waals surface area (Å²) < 4.78 is 6.21. The molecule has 1 aliphatic rings. The minimum Gasteiger partial charge on any atom is -0.478 e. The van der Waals surface area contributed by atoms with Crippen LogP contribution in [0.4, 0.5) is 0 Å². The van der Waals surface area contributed by atoms with Crippen LogP contribution in [0.25, 0.3) is 5.70 Å². The fourth-order valence-electron chi connectivity index (χ4n) is 2.29. The monoisotopic (exact) mass is 386 g/mol. The first-order valence-corrected chi connectivity index (χ1v) is 7.97. The summed E-state index contributed by atoms with van der Waals surface area (Å²) in [7, 11) is 0. The minimum atomic E-state index is -1.17. The van der Waals surface area contributed by atoms with Gasteiger partial charge in [-0.2, -0.15) is 0 Å². The second-order valence-corrected chi connectivity index (χ2v) is 6.24. The van der Waals surface area contributed by atoms with Crippen LogP contribution in [-0.4, -0.2) is 36.5 Å². The third-order valence-corrected chi connectivity index (χ3v) is 4.16. The third kappa shape index (κ3) is 4.09. The number of halogens is 2. The maximum atomic E-state index is 11.4. The fraction of sp³-hybridized carbons (Fsp3) is 0.333. The van der Waals surface area contributed by atoms with Crippen molar-refractivity contribution in [3.63, 3.8) is 0 Å². The molecule has 0 aromatic heterocycles. The van der Waals surface area contributed by atoms with Crippen molar-refractivity contribution in [2.24, 2.45) is 0 Å². The summed E-state index contributed by atoms with van der Waals surface area (Å²) in [5, 5.41) is 20.4. The molecule has 1 heterocycles. The summed E-state index contributed by atoms with van der Waals surface area (Å²) in [6, 6.07) is 5.20. The number of ether oxygens (including phenoxy) is 1. The highest BCUT2D eigenvalue weighted by Gasteiger charge is 2.21. The van der Waals surface area contributed by atoms with E-state index >= 15 is 0 Å². The number of carboxylic acids is 1. The van der Waals surface area contributed by atoms with Crippen molar-refractivity contribution in [1.82, 2.24) is 5.32 Å².